The van der Waals surface area contributed by atoms with Crippen molar-refractivity contribution in [1.82, 2.24) is 15.0 Å². The molecule has 0 aliphatic rings. The second kappa shape index (κ2) is 7.74. The van der Waals surface area contributed by atoms with Crippen molar-refractivity contribution in [2.75, 3.05) is 0 Å². The summed E-state index contributed by atoms with van der Waals surface area (Å²) in [6, 6.07) is 9.23. The van der Waals surface area contributed by atoms with Gasteiger partial charge in [-0.25, -0.2) is 4.98 Å². The van der Waals surface area contributed by atoms with Crippen LogP contribution >= 0.6 is 11.6 Å². The van der Waals surface area contributed by atoms with Crippen molar-refractivity contribution in [2.24, 2.45) is 0 Å². The predicted molar refractivity (Wildman–Crippen MR) is 131 cm³/mol. The van der Waals surface area contributed by atoms with Crippen molar-refractivity contribution < 1.29 is 0 Å². The zero-order valence-corrected chi connectivity index (χ0v) is 16.4. The van der Waals surface area contributed by atoms with E-state index in [9.17, 15) is 0 Å². The van der Waals surface area contributed by atoms with Gasteiger partial charge in [-0.15, -0.1) is 16.4 Å². The van der Waals surface area contributed by atoms with E-state index in [2.05, 4.69) is 15.0 Å². The molecule has 4 aromatic rings. The van der Waals surface area contributed by atoms with Gasteiger partial charge >= 0.3 is 0 Å². The first-order valence-corrected chi connectivity index (χ1v) is 9.09. The minimum atomic E-state index is -0.0447. The van der Waals surface area contributed by atoms with Crippen LogP contribution in [0.3, 0.4) is 0 Å². The quantitative estimate of drug-likeness (QED) is 0.337. The fraction of sp³-hybridized carbons (Fsp3) is 0. The van der Waals surface area contributed by atoms with E-state index in [-0.39, 0.29) is 54.9 Å². The van der Waals surface area contributed by atoms with Gasteiger partial charge in [-0.2, -0.15) is 9.97 Å². The average Bonchev–Trinajstić information content (AvgIpc) is 2.74. The summed E-state index contributed by atoms with van der Waals surface area (Å²) in [4.78, 5) is 13.0. The topological polar surface area (TPSA) is 38.7 Å². The van der Waals surface area contributed by atoms with Crippen LogP contribution in [0.1, 0.15) is 0 Å². The van der Waals surface area contributed by atoms with Gasteiger partial charge in [-0.1, -0.05) is 52.2 Å². The summed E-state index contributed by atoms with van der Waals surface area (Å²) in [6.45, 7) is 0. The van der Waals surface area contributed by atoms with Crippen LogP contribution < -0.4 is 38.2 Å². The summed E-state index contributed by atoms with van der Waals surface area (Å²) in [6.07, 6.45) is 0. The van der Waals surface area contributed by atoms with Gasteiger partial charge in [-0.3, -0.25) is 0 Å². The Labute approximate surface area is 188 Å². The summed E-state index contributed by atoms with van der Waals surface area (Å²) < 4.78 is 0. The summed E-state index contributed by atoms with van der Waals surface area (Å²) in [5.74, 6) is 0.474. The molecule has 0 aliphatic carbocycles. The van der Waals surface area contributed by atoms with Crippen LogP contribution in [0, 0.1) is 0 Å². The first kappa shape index (κ1) is 20.9. The molecule has 0 atom stereocenters. The molecule has 0 spiro atoms. The van der Waals surface area contributed by atoms with Crippen molar-refractivity contribution >= 4 is 116 Å². The highest BCUT2D eigenvalue weighted by Crippen LogP contribution is 2.24. The summed E-state index contributed by atoms with van der Waals surface area (Å²) in [5.41, 5.74) is 1.79. The molecule has 0 unspecified atom stereocenters. The van der Waals surface area contributed by atoms with Crippen LogP contribution in [0.4, 0.5) is 0 Å². The van der Waals surface area contributed by atoms with Crippen LogP contribution in [0.15, 0.2) is 30.3 Å². The largest absolute Gasteiger partial charge is 0.226 e. The maximum absolute atomic E-state index is 6.31. The lowest BCUT2D eigenvalue weighted by Crippen LogP contribution is -2.52. The number of nitrogens with zero attached hydrogens (tertiary/aromatic N) is 3. The smallest absolute Gasteiger partial charge is 0.208 e. The van der Waals surface area contributed by atoms with Gasteiger partial charge in [0.05, 0.1) is 0 Å². The molecule has 1 aromatic heterocycles. The molecular formula is C19H5B7ClN3. The molecule has 0 saturated heterocycles. The van der Waals surface area contributed by atoms with E-state index in [0.717, 1.165) is 5.56 Å². The molecule has 0 bridgehead atoms. The number of benzene rings is 3. The number of halogens is 1. The Kier molecular flexibility index (Phi) is 5.40. The Balaban J connectivity index is 2.16. The van der Waals surface area contributed by atoms with Crippen molar-refractivity contribution in [3.05, 3.63) is 35.6 Å². The van der Waals surface area contributed by atoms with E-state index in [1.165, 1.54) is 0 Å². The third-order valence-corrected chi connectivity index (χ3v) is 5.06. The number of hydrogen-bond donors (Lipinski definition) is 0. The Morgan fingerprint density at radius 2 is 1.03 bits per heavy atom. The molecule has 1 heterocycles. The molecule has 3 aromatic carbocycles. The summed E-state index contributed by atoms with van der Waals surface area (Å²) in [5, 5.41) is 0.611. The maximum Gasteiger partial charge on any atom is 0.226 e. The lowest BCUT2D eigenvalue weighted by molar-refractivity contribution is 1.07. The van der Waals surface area contributed by atoms with Gasteiger partial charge in [-0.05, 0) is 22.4 Å². The summed E-state index contributed by atoms with van der Waals surface area (Å²) in [7, 11) is 43.2. The minimum absolute atomic E-state index is 0.0447. The number of aromatic nitrogens is 3. The number of fused-ring (bicyclic) bond motifs is 1. The molecule has 124 valence electrons. The lowest BCUT2D eigenvalue weighted by Gasteiger charge is -2.24. The molecule has 30 heavy (non-hydrogen) atoms. The second-order valence-electron chi connectivity index (χ2n) is 6.64. The van der Waals surface area contributed by atoms with Gasteiger partial charge in [0, 0.05) is 11.1 Å². The molecule has 0 aliphatic heterocycles. The number of hydrogen-bond acceptors (Lipinski definition) is 3. The molecule has 4 rings (SSSR count). The van der Waals surface area contributed by atoms with E-state index in [0.29, 0.717) is 16.6 Å². The maximum atomic E-state index is 6.31. The van der Waals surface area contributed by atoms with Gasteiger partial charge in [0.15, 0.2) is 11.6 Å². The Morgan fingerprint density at radius 1 is 0.533 bits per heavy atom. The van der Waals surface area contributed by atoms with Crippen LogP contribution in [0.5, 0.6) is 0 Å². The molecule has 0 fully saturated rings. The fourth-order valence-corrected chi connectivity index (χ4v) is 3.49. The zero-order valence-electron chi connectivity index (χ0n) is 15.6. The SMILES string of the molecule is [B]c1c([B])c([B])c2c(-c3nc(Cl)nc(-c4ccccc4)n3)c([B])c([B])c([B])c2c1[B]. The highest BCUT2D eigenvalue weighted by molar-refractivity contribution is 6.71. The van der Waals surface area contributed by atoms with E-state index in [1.807, 2.05) is 30.3 Å². The van der Waals surface area contributed by atoms with Crippen molar-refractivity contribution in [2.45, 2.75) is 0 Å². The lowest BCUT2D eigenvalue weighted by atomic mass is 9.59. The van der Waals surface area contributed by atoms with E-state index in [4.69, 9.17) is 66.5 Å². The van der Waals surface area contributed by atoms with Gasteiger partial charge < -0.3 is 0 Å². The standard InChI is InChI=1S/C19H5B7ClN3/c20-10-7-8(12(22)16(26)15(10)25)11(21)14(24)13(23)9(7)18-28-17(29-19(27)30-18)6-4-2-1-3-5-6/h1-5H. The normalized spacial score (nSPS) is 11.1. The molecule has 11 heteroatoms. The Bertz CT molecular complexity index is 1320. The monoisotopic (exact) mass is 387 g/mol. The van der Waals surface area contributed by atoms with Crippen molar-refractivity contribution in [3.63, 3.8) is 0 Å². The molecular weight excluding hydrogens is 381 g/mol. The first-order valence-electron chi connectivity index (χ1n) is 8.71. The molecule has 14 radical (unpaired) electrons. The van der Waals surface area contributed by atoms with Crippen LogP contribution in [0.2, 0.25) is 5.28 Å². The average molecular weight is 386 g/mol. The minimum Gasteiger partial charge on any atom is -0.208 e. The first-order chi connectivity index (χ1) is 14.2. The Morgan fingerprint density at radius 3 is 1.63 bits per heavy atom. The molecule has 0 amide bonds. The van der Waals surface area contributed by atoms with Gasteiger partial charge in [0.1, 0.15) is 54.9 Å². The highest BCUT2D eigenvalue weighted by Gasteiger charge is 2.20. The predicted octanol–water partition coefficient (Wildman–Crippen LogP) is -3.43. The van der Waals surface area contributed by atoms with Gasteiger partial charge in [0.25, 0.3) is 0 Å². The number of rotatable bonds is 2. The fourth-order valence-electron chi connectivity index (χ4n) is 3.33. The van der Waals surface area contributed by atoms with Crippen molar-refractivity contribution in [1.29, 1.82) is 0 Å². The molecule has 0 saturated carbocycles. The molecule has 3 nitrogen and oxygen atoms in total. The van der Waals surface area contributed by atoms with Crippen LogP contribution in [-0.2, 0) is 0 Å². The zero-order chi connectivity index (χ0) is 21.7. The van der Waals surface area contributed by atoms with Gasteiger partial charge in [0.2, 0.25) is 5.28 Å². The molecule has 0 N–H and O–H groups in total. The van der Waals surface area contributed by atoms with E-state index < -0.39 is 0 Å². The second-order valence-corrected chi connectivity index (χ2v) is 6.98. The van der Waals surface area contributed by atoms with Crippen LogP contribution in [-0.4, -0.2) is 69.9 Å². The summed E-state index contributed by atoms with van der Waals surface area (Å²) >= 11 is 6.19. The van der Waals surface area contributed by atoms with E-state index >= 15 is 0 Å². The Hall–Kier alpha value is -2.33. The van der Waals surface area contributed by atoms with Crippen molar-refractivity contribution in [3.8, 4) is 22.8 Å². The third kappa shape index (κ3) is 3.22. The third-order valence-electron chi connectivity index (χ3n) is 4.89. The van der Waals surface area contributed by atoms with Crippen LogP contribution in [0.25, 0.3) is 33.5 Å². The highest BCUT2D eigenvalue weighted by atomic mass is 35.5. The van der Waals surface area contributed by atoms with E-state index in [1.54, 1.807) is 0 Å².